The molecule has 2 heterocycles. The van der Waals surface area contributed by atoms with E-state index >= 15 is 0 Å². The largest absolute Gasteiger partial charge is 0.341 e. The van der Waals surface area contributed by atoms with E-state index in [0.717, 1.165) is 0 Å². The lowest BCUT2D eigenvalue weighted by Crippen LogP contribution is -2.53. The van der Waals surface area contributed by atoms with Crippen molar-refractivity contribution in [2.24, 2.45) is 11.1 Å². The lowest BCUT2D eigenvalue weighted by atomic mass is 9.74. The number of imidazole rings is 1. The molecule has 7 nitrogen and oxygen atoms in total. The third-order valence-corrected chi connectivity index (χ3v) is 3.92. The molecule has 2 aromatic heterocycles. The van der Waals surface area contributed by atoms with Gasteiger partial charge in [-0.15, -0.1) is 0 Å². The van der Waals surface area contributed by atoms with Crippen LogP contribution in [0.4, 0.5) is 5.95 Å². The summed E-state index contributed by atoms with van der Waals surface area (Å²) in [5.74, 6) is -0.173. The molecule has 2 aromatic rings. The molecule has 8 heteroatoms. The van der Waals surface area contributed by atoms with E-state index in [1.807, 2.05) is 0 Å². The molecule has 0 aromatic carbocycles. The molecular weight excluding hydrogens is 280 g/mol. The number of hydrogen-bond acceptors (Lipinski definition) is 5. The Morgan fingerprint density at radius 1 is 1.35 bits per heavy atom. The van der Waals surface area contributed by atoms with Crippen LogP contribution in [0.15, 0.2) is 6.33 Å². The second kappa shape index (κ2) is 4.68. The zero-order valence-electron chi connectivity index (χ0n) is 11.8. The monoisotopic (exact) mass is 296 g/mol. The van der Waals surface area contributed by atoms with Gasteiger partial charge in [-0.3, -0.25) is 10.1 Å². The van der Waals surface area contributed by atoms with E-state index in [0.29, 0.717) is 11.2 Å². The highest BCUT2D eigenvalue weighted by molar-refractivity contribution is 6.33. The van der Waals surface area contributed by atoms with Crippen molar-refractivity contribution in [3.63, 3.8) is 0 Å². The number of rotatable bonds is 3. The Labute approximate surface area is 121 Å². The summed E-state index contributed by atoms with van der Waals surface area (Å²) in [6.45, 7) is 7.10. The summed E-state index contributed by atoms with van der Waals surface area (Å²) >= 11 is 5.99. The molecule has 0 spiro atoms. The van der Waals surface area contributed by atoms with Crippen molar-refractivity contribution in [3.05, 3.63) is 11.5 Å². The van der Waals surface area contributed by atoms with Crippen molar-refractivity contribution in [2.45, 2.75) is 33.2 Å². The number of halogens is 1. The molecule has 4 N–H and O–H groups in total. The normalized spacial score (nSPS) is 12.7. The maximum absolute atomic E-state index is 12.3. The van der Waals surface area contributed by atoms with E-state index < -0.39 is 11.0 Å². The van der Waals surface area contributed by atoms with Gasteiger partial charge in [-0.1, -0.05) is 11.6 Å². The predicted molar refractivity (Wildman–Crippen MR) is 77.4 cm³/mol. The van der Waals surface area contributed by atoms with Crippen LogP contribution >= 0.6 is 11.6 Å². The molecule has 108 valence electrons. The van der Waals surface area contributed by atoms with Gasteiger partial charge in [0.25, 0.3) is 0 Å². The highest BCUT2D eigenvalue weighted by Gasteiger charge is 2.40. The first-order valence-electron chi connectivity index (χ1n) is 6.10. The maximum Gasteiger partial charge on any atom is 0.234 e. The molecule has 0 fully saturated rings. The number of carbonyl (C=O) groups excluding carboxylic acids is 1. The summed E-state index contributed by atoms with van der Waals surface area (Å²) in [6, 6.07) is 0. The van der Waals surface area contributed by atoms with Gasteiger partial charge in [0.1, 0.15) is 5.52 Å². The quantitative estimate of drug-likeness (QED) is 0.747. The average molecular weight is 297 g/mol. The van der Waals surface area contributed by atoms with Gasteiger partial charge in [-0.05, 0) is 27.7 Å². The van der Waals surface area contributed by atoms with E-state index in [1.165, 1.54) is 6.33 Å². The van der Waals surface area contributed by atoms with Crippen molar-refractivity contribution >= 4 is 34.6 Å². The lowest BCUT2D eigenvalue weighted by molar-refractivity contribution is -0.126. The number of fused-ring (bicyclic) bond motifs is 1. The lowest BCUT2D eigenvalue weighted by Gasteiger charge is -2.36. The fourth-order valence-electron chi connectivity index (χ4n) is 1.40. The van der Waals surface area contributed by atoms with E-state index in [4.69, 9.17) is 17.3 Å². The molecule has 0 aliphatic rings. The van der Waals surface area contributed by atoms with E-state index in [2.05, 4.69) is 25.3 Å². The maximum atomic E-state index is 12.3. The number of carbonyl (C=O) groups is 1. The van der Waals surface area contributed by atoms with Crippen LogP contribution in [0.1, 0.15) is 27.7 Å². The van der Waals surface area contributed by atoms with Gasteiger partial charge < -0.3 is 10.7 Å². The molecule has 1 amide bonds. The van der Waals surface area contributed by atoms with Gasteiger partial charge in [-0.2, -0.15) is 9.97 Å². The first-order chi connectivity index (χ1) is 9.13. The topological polar surface area (TPSA) is 110 Å². The first kappa shape index (κ1) is 14.7. The average Bonchev–Trinajstić information content (AvgIpc) is 2.75. The number of nitrogens with zero attached hydrogens (tertiary/aromatic N) is 3. The van der Waals surface area contributed by atoms with Crippen LogP contribution in [0.2, 0.25) is 5.15 Å². The van der Waals surface area contributed by atoms with Gasteiger partial charge in [-0.25, -0.2) is 4.98 Å². The highest BCUT2D eigenvalue weighted by atomic mass is 35.5. The van der Waals surface area contributed by atoms with Crippen molar-refractivity contribution in [1.82, 2.24) is 19.9 Å². The molecule has 20 heavy (non-hydrogen) atoms. The molecule has 0 atom stereocenters. The van der Waals surface area contributed by atoms with Crippen molar-refractivity contribution in [2.75, 3.05) is 5.32 Å². The van der Waals surface area contributed by atoms with Gasteiger partial charge >= 0.3 is 0 Å². The number of anilines is 1. The number of aromatic amines is 1. The van der Waals surface area contributed by atoms with Gasteiger partial charge in [0.05, 0.1) is 11.7 Å². The van der Waals surface area contributed by atoms with Crippen molar-refractivity contribution in [1.29, 1.82) is 0 Å². The van der Waals surface area contributed by atoms with Crippen LogP contribution in [0.3, 0.4) is 0 Å². The first-order valence-corrected chi connectivity index (χ1v) is 6.47. The Kier molecular flexibility index (Phi) is 3.43. The Balaban J connectivity index is 2.30. The van der Waals surface area contributed by atoms with Gasteiger partial charge in [0, 0.05) is 5.54 Å². The zero-order chi connectivity index (χ0) is 15.1. The van der Waals surface area contributed by atoms with Crippen LogP contribution < -0.4 is 11.1 Å². The zero-order valence-corrected chi connectivity index (χ0v) is 12.5. The van der Waals surface area contributed by atoms with Crippen LogP contribution in [0.5, 0.6) is 0 Å². The third-order valence-electron chi connectivity index (χ3n) is 3.65. The second-order valence-corrected chi connectivity index (χ2v) is 6.10. The van der Waals surface area contributed by atoms with Crippen molar-refractivity contribution < 1.29 is 4.79 Å². The van der Waals surface area contributed by atoms with Crippen LogP contribution in [-0.4, -0.2) is 31.4 Å². The van der Waals surface area contributed by atoms with Crippen LogP contribution in [0, 0.1) is 5.41 Å². The van der Waals surface area contributed by atoms with E-state index in [1.54, 1.807) is 27.7 Å². The molecule has 0 bridgehead atoms. The molecule has 0 aliphatic heterocycles. The summed E-state index contributed by atoms with van der Waals surface area (Å²) in [4.78, 5) is 27.3. The number of H-pyrrole nitrogens is 1. The Bertz CT molecular complexity index is 658. The number of hydrogen-bond donors (Lipinski definition) is 3. The van der Waals surface area contributed by atoms with Gasteiger partial charge in [0.2, 0.25) is 11.9 Å². The van der Waals surface area contributed by atoms with Crippen LogP contribution in [-0.2, 0) is 4.79 Å². The summed E-state index contributed by atoms with van der Waals surface area (Å²) in [5.41, 5.74) is 5.45. The van der Waals surface area contributed by atoms with Crippen LogP contribution in [0.25, 0.3) is 11.2 Å². The Hall–Kier alpha value is -1.73. The molecule has 0 aliphatic carbocycles. The highest BCUT2D eigenvalue weighted by Crippen LogP contribution is 2.29. The minimum absolute atomic E-state index is 0.108. The Morgan fingerprint density at radius 2 is 2.00 bits per heavy atom. The molecule has 0 saturated carbocycles. The summed E-state index contributed by atoms with van der Waals surface area (Å²) in [5, 5.41) is 2.83. The minimum atomic E-state index is -0.802. The fraction of sp³-hybridized carbons (Fsp3) is 0.500. The Morgan fingerprint density at radius 3 is 2.60 bits per heavy atom. The molecule has 0 radical (unpaired) electrons. The standard InChI is InChI=1S/C12H17ClN6O/c1-11(2,12(3,4)14)9(20)19-10-17-7(13)6-8(18-10)16-5-15-6/h5H,14H2,1-4H3,(H2,15,16,17,18,19,20). The van der Waals surface area contributed by atoms with Gasteiger partial charge in [0.15, 0.2) is 10.8 Å². The van der Waals surface area contributed by atoms with Crippen molar-refractivity contribution in [3.8, 4) is 0 Å². The predicted octanol–water partition coefficient (Wildman–Crippen LogP) is 1.71. The number of nitrogens with two attached hydrogens (primary N) is 1. The van der Waals surface area contributed by atoms with E-state index in [9.17, 15) is 4.79 Å². The second-order valence-electron chi connectivity index (χ2n) is 5.74. The third kappa shape index (κ3) is 2.46. The number of aromatic nitrogens is 4. The summed E-state index contributed by atoms with van der Waals surface area (Å²) < 4.78 is 0. The van der Waals surface area contributed by atoms with E-state index in [-0.39, 0.29) is 17.0 Å². The molecular formula is C12H17ClN6O. The number of nitrogens with one attached hydrogen (secondary N) is 2. The minimum Gasteiger partial charge on any atom is -0.341 e. The number of amides is 1. The molecule has 2 rings (SSSR count). The fourth-order valence-corrected chi connectivity index (χ4v) is 1.62. The molecule has 0 unspecified atom stereocenters. The molecule has 0 saturated heterocycles. The smallest absolute Gasteiger partial charge is 0.234 e. The summed E-state index contributed by atoms with van der Waals surface area (Å²) in [6.07, 6.45) is 1.46. The SMILES string of the molecule is CC(C)(N)C(C)(C)C(=O)Nc1nc(Cl)c2[nH]cnc2n1. The summed E-state index contributed by atoms with van der Waals surface area (Å²) in [7, 11) is 0.